The van der Waals surface area contributed by atoms with E-state index >= 15 is 0 Å². The predicted molar refractivity (Wildman–Crippen MR) is 95.9 cm³/mol. The van der Waals surface area contributed by atoms with Crippen molar-refractivity contribution in [3.8, 4) is 0 Å². The summed E-state index contributed by atoms with van der Waals surface area (Å²) < 4.78 is 0.992. The molecular formula is C18H19BrN2O. The monoisotopic (exact) mass is 358 g/mol. The lowest BCUT2D eigenvalue weighted by atomic mass is 10.2. The van der Waals surface area contributed by atoms with Gasteiger partial charge in [0.15, 0.2) is 0 Å². The zero-order chi connectivity index (χ0) is 15.9. The molecule has 1 N–H and O–H groups in total. The number of hydrogen-bond acceptors (Lipinski definition) is 1. The molecule has 114 valence electrons. The van der Waals surface area contributed by atoms with Gasteiger partial charge < -0.3 is 5.32 Å². The Hall–Kier alpha value is -2.07. The van der Waals surface area contributed by atoms with Gasteiger partial charge in [-0.2, -0.15) is 0 Å². The molecule has 0 aromatic heterocycles. The van der Waals surface area contributed by atoms with Crippen LogP contribution in [-0.2, 0) is 0 Å². The highest BCUT2D eigenvalue weighted by Gasteiger charge is 2.12. The molecule has 2 aromatic carbocycles. The number of nitrogens with one attached hydrogen (secondary N) is 1. The summed E-state index contributed by atoms with van der Waals surface area (Å²) in [6.07, 6.45) is 3.53. The van der Waals surface area contributed by atoms with Crippen LogP contribution in [-0.4, -0.2) is 12.6 Å². The Morgan fingerprint density at radius 1 is 1.23 bits per heavy atom. The summed E-state index contributed by atoms with van der Waals surface area (Å²) in [7, 11) is 0. The van der Waals surface area contributed by atoms with E-state index in [-0.39, 0.29) is 6.03 Å². The van der Waals surface area contributed by atoms with Crippen LogP contribution in [0.1, 0.15) is 18.1 Å². The lowest BCUT2D eigenvalue weighted by Crippen LogP contribution is -2.37. The number of carbonyl (C=O) groups excluding carboxylic acids is 1. The number of anilines is 1. The van der Waals surface area contributed by atoms with Crippen molar-refractivity contribution in [1.29, 1.82) is 0 Å². The summed E-state index contributed by atoms with van der Waals surface area (Å²) in [5.74, 6) is 0. The van der Waals surface area contributed by atoms with Gasteiger partial charge in [-0.15, -0.1) is 0 Å². The van der Waals surface area contributed by atoms with E-state index < -0.39 is 0 Å². The first-order valence-corrected chi connectivity index (χ1v) is 7.97. The summed E-state index contributed by atoms with van der Waals surface area (Å²) in [5.41, 5.74) is 3.04. The fraction of sp³-hybridized carbons (Fsp3) is 0.167. The van der Waals surface area contributed by atoms with Gasteiger partial charge in [0.25, 0.3) is 0 Å². The van der Waals surface area contributed by atoms with Crippen LogP contribution in [0.15, 0.2) is 59.2 Å². The molecule has 0 bridgehead atoms. The Bertz CT molecular complexity index is 682. The van der Waals surface area contributed by atoms with Crippen LogP contribution in [0.2, 0.25) is 0 Å². The molecule has 2 amide bonds. The highest BCUT2D eigenvalue weighted by atomic mass is 79.9. The smallest absolute Gasteiger partial charge is 0.314 e. The minimum Gasteiger partial charge on any atom is -0.314 e. The van der Waals surface area contributed by atoms with Crippen LogP contribution in [0.25, 0.3) is 6.08 Å². The first-order valence-electron chi connectivity index (χ1n) is 7.17. The second-order valence-electron chi connectivity index (χ2n) is 4.89. The molecule has 2 rings (SSSR count). The highest BCUT2D eigenvalue weighted by molar-refractivity contribution is 9.10. The van der Waals surface area contributed by atoms with Gasteiger partial charge in [0.2, 0.25) is 0 Å². The molecule has 0 atom stereocenters. The van der Waals surface area contributed by atoms with Gasteiger partial charge in [-0.1, -0.05) is 46.3 Å². The van der Waals surface area contributed by atoms with Crippen LogP contribution in [0, 0.1) is 6.92 Å². The van der Waals surface area contributed by atoms with E-state index in [1.54, 1.807) is 11.1 Å². The van der Waals surface area contributed by atoms with E-state index in [9.17, 15) is 4.79 Å². The number of aryl methyl sites for hydroxylation is 1. The van der Waals surface area contributed by atoms with Crippen molar-refractivity contribution < 1.29 is 4.79 Å². The Labute approximate surface area is 139 Å². The number of hydrogen-bond donors (Lipinski definition) is 1. The fourth-order valence-corrected chi connectivity index (χ4v) is 2.55. The average Bonchev–Trinajstić information content (AvgIpc) is 2.50. The standard InChI is InChI=1S/C18H19BrN2O/c1-3-21(16-9-6-7-14(2)13-16)18(22)20-12-11-15-8-4-5-10-17(15)19/h4-13H,3H2,1-2H3,(H,20,22)/b12-11+. The summed E-state index contributed by atoms with van der Waals surface area (Å²) in [4.78, 5) is 14.0. The average molecular weight is 359 g/mol. The van der Waals surface area contributed by atoms with E-state index in [4.69, 9.17) is 0 Å². The second-order valence-corrected chi connectivity index (χ2v) is 5.74. The third-order valence-electron chi connectivity index (χ3n) is 3.25. The number of rotatable bonds is 4. The second kappa shape index (κ2) is 7.80. The molecule has 0 aliphatic carbocycles. The molecule has 22 heavy (non-hydrogen) atoms. The summed E-state index contributed by atoms with van der Waals surface area (Å²) in [6, 6.07) is 15.6. The molecule has 0 fully saturated rings. The lowest BCUT2D eigenvalue weighted by molar-refractivity contribution is 0.249. The highest BCUT2D eigenvalue weighted by Crippen LogP contribution is 2.17. The zero-order valence-corrected chi connectivity index (χ0v) is 14.3. The lowest BCUT2D eigenvalue weighted by Gasteiger charge is -2.20. The molecule has 0 aliphatic heterocycles. The maximum Gasteiger partial charge on any atom is 0.325 e. The number of carbonyl (C=O) groups is 1. The quantitative estimate of drug-likeness (QED) is 0.822. The minimum atomic E-state index is -0.142. The predicted octanol–water partition coefficient (Wildman–Crippen LogP) is 4.96. The third kappa shape index (κ3) is 4.21. The van der Waals surface area contributed by atoms with Gasteiger partial charge in [-0.25, -0.2) is 4.79 Å². The SMILES string of the molecule is CCN(C(=O)N/C=C/c1ccccc1Br)c1cccc(C)c1. The molecular weight excluding hydrogens is 340 g/mol. The van der Waals surface area contributed by atoms with Gasteiger partial charge in [0.05, 0.1) is 0 Å². The Morgan fingerprint density at radius 2 is 2.00 bits per heavy atom. The molecule has 4 heteroatoms. The molecule has 3 nitrogen and oxygen atoms in total. The Morgan fingerprint density at radius 3 is 2.68 bits per heavy atom. The fourth-order valence-electron chi connectivity index (χ4n) is 2.13. The summed E-state index contributed by atoms with van der Waals surface area (Å²) >= 11 is 3.48. The maximum absolute atomic E-state index is 12.3. The number of urea groups is 1. The maximum atomic E-state index is 12.3. The van der Waals surface area contributed by atoms with E-state index in [0.29, 0.717) is 6.54 Å². The van der Waals surface area contributed by atoms with Crippen molar-refractivity contribution in [2.24, 2.45) is 0 Å². The number of amides is 2. The molecule has 0 unspecified atom stereocenters. The van der Waals surface area contributed by atoms with Crippen LogP contribution in [0.4, 0.5) is 10.5 Å². The van der Waals surface area contributed by atoms with Crippen LogP contribution < -0.4 is 10.2 Å². The van der Waals surface area contributed by atoms with Crippen molar-refractivity contribution in [2.75, 3.05) is 11.4 Å². The van der Waals surface area contributed by atoms with Crippen molar-refractivity contribution in [2.45, 2.75) is 13.8 Å². The van der Waals surface area contributed by atoms with Crippen LogP contribution in [0.3, 0.4) is 0 Å². The minimum absolute atomic E-state index is 0.142. The Kier molecular flexibility index (Phi) is 5.78. The van der Waals surface area contributed by atoms with Gasteiger partial charge in [0.1, 0.15) is 0 Å². The number of benzene rings is 2. The van der Waals surface area contributed by atoms with Crippen molar-refractivity contribution in [3.05, 3.63) is 70.3 Å². The Balaban J connectivity index is 2.06. The molecule has 0 aliphatic rings. The van der Waals surface area contributed by atoms with Crippen molar-refractivity contribution >= 4 is 33.7 Å². The van der Waals surface area contributed by atoms with E-state index in [2.05, 4.69) is 21.2 Å². The number of nitrogens with zero attached hydrogens (tertiary/aromatic N) is 1. The van der Waals surface area contributed by atoms with E-state index in [1.807, 2.05) is 68.5 Å². The number of halogens is 1. The molecule has 0 heterocycles. The zero-order valence-electron chi connectivity index (χ0n) is 12.7. The topological polar surface area (TPSA) is 32.3 Å². The van der Waals surface area contributed by atoms with Gasteiger partial charge in [-0.3, -0.25) is 4.90 Å². The first kappa shape index (κ1) is 16.3. The molecule has 2 aromatic rings. The van der Waals surface area contributed by atoms with E-state index in [1.165, 1.54) is 0 Å². The van der Waals surface area contributed by atoms with Gasteiger partial charge >= 0.3 is 6.03 Å². The first-order chi connectivity index (χ1) is 10.6. The van der Waals surface area contributed by atoms with Crippen LogP contribution >= 0.6 is 15.9 Å². The van der Waals surface area contributed by atoms with Crippen molar-refractivity contribution in [1.82, 2.24) is 5.32 Å². The third-order valence-corrected chi connectivity index (χ3v) is 3.97. The van der Waals surface area contributed by atoms with Gasteiger partial charge in [-0.05, 0) is 49.2 Å². The van der Waals surface area contributed by atoms with Gasteiger partial charge in [0, 0.05) is 22.9 Å². The van der Waals surface area contributed by atoms with Crippen molar-refractivity contribution in [3.63, 3.8) is 0 Å². The molecule has 0 radical (unpaired) electrons. The largest absolute Gasteiger partial charge is 0.325 e. The molecule has 0 saturated heterocycles. The molecule has 0 spiro atoms. The normalized spacial score (nSPS) is 10.7. The summed E-state index contributed by atoms with van der Waals surface area (Å²) in [6.45, 7) is 4.58. The van der Waals surface area contributed by atoms with Crippen LogP contribution in [0.5, 0.6) is 0 Å². The summed E-state index contributed by atoms with van der Waals surface area (Å²) in [5, 5.41) is 2.81. The van der Waals surface area contributed by atoms with E-state index in [0.717, 1.165) is 21.3 Å². The molecule has 0 saturated carbocycles.